The van der Waals surface area contributed by atoms with Gasteiger partial charge < -0.3 is 24.6 Å². The number of aliphatic hydroxyl groups excluding tert-OH is 2. The van der Waals surface area contributed by atoms with Crippen molar-refractivity contribution in [3.05, 3.63) is 0 Å². The van der Waals surface area contributed by atoms with Crippen LogP contribution in [0.2, 0.25) is 0 Å². The molecule has 0 amide bonds. The van der Waals surface area contributed by atoms with E-state index in [4.69, 9.17) is 18.5 Å². The first-order chi connectivity index (χ1) is 23.3. The lowest BCUT2D eigenvalue weighted by Gasteiger charge is -2.20. The first-order valence-corrected chi connectivity index (χ1v) is 21.0. The Balaban J connectivity index is 3.93. The molecule has 0 spiro atoms. The summed E-state index contributed by atoms with van der Waals surface area (Å²) in [4.78, 5) is 34.3. The molecule has 0 aromatic rings. The van der Waals surface area contributed by atoms with E-state index < -0.39 is 58.4 Å². The molecule has 0 aromatic carbocycles. The van der Waals surface area contributed by atoms with Gasteiger partial charge in [-0.3, -0.25) is 18.6 Å². The molecular formula is C37H73O10P. The summed E-state index contributed by atoms with van der Waals surface area (Å²) in [5.74, 6) is -1.01. The Bertz CT molecular complexity index is 781. The third-order valence-corrected chi connectivity index (χ3v) is 9.52. The monoisotopic (exact) mass is 708 g/mol. The van der Waals surface area contributed by atoms with E-state index in [9.17, 15) is 29.3 Å². The van der Waals surface area contributed by atoms with E-state index in [1.807, 2.05) is 0 Å². The van der Waals surface area contributed by atoms with Gasteiger partial charge in [0.2, 0.25) is 0 Å². The molecule has 0 saturated heterocycles. The predicted molar refractivity (Wildman–Crippen MR) is 192 cm³/mol. The highest BCUT2D eigenvalue weighted by Crippen LogP contribution is 2.43. The van der Waals surface area contributed by atoms with Crippen molar-refractivity contribution >= 4 is 19.8 Å². The fourth-order valence-electron chi connectivity index (χ4n) is 5.53. The van der Waals surface area contributed by atoms with Crippen molar-refractivity contribution in [2.24, 2.45) is 0 Å². The number of ether oxygens (including phenoxy) is 2. The fraction of sp³-hybridized carbons (Fsp3) is 0.946. The molecular weight excluding hydrogens is 635 g/mol. The van der Waals surface area contributed by atoms with Crippen LogP contribution in [0.4, 0.5) is 0 Å². The van der Waals surface area contributed by atoms with Gasteiger partial charge in [0.25, 0.3) is 0 Å². The Morgan fingerprint density at radius 2 is 0.729 bits per heavy atom. The van der Waals surface area contributed by atoms with Crippen LogP contribution in [0.25, 0.3) is 0 Å². The maximum atomic E-state index is 12.3. The maximum Gasteiger partial charge on any atom is 0.472 e. The number of carbonyl (C=O) groups excluding carboxylic acids is 2. The summed E-state index contributed by atoms with van der Waals surface area (Å²) in [6.45, 7) is 2.20. The van der Waals surface area contributed by atoms with E-state index in [1.54, 1.807) is 0 Å². The molecule has 0 heterocycles. The number of phosphoric acid groups is 1. The first-order valence-electron chi connectivity index (χ1n) is 19.5. The van der Waals surface area contributed by atoms with Crippen LogP contribution in [0, 0.1) is 0 Å². The summed E-state index contributed by atoms with van der Waals surface area (Å²) < 4.78 is 32.4. The zero-order valence-corrected chi connectivity index (χ0v) is 31.6. The predicted octanol–water partition coefficient (Wildman–Crippen LogP) is 9.50. The van der Waals surface area contributed by atoms with Gasteiger partial charge in [-0.2, -0.15) is 0 Å². The van der Waals surface area contributed by atoms with E-state index in [-0.39, 0.29) is 12.8 Å². The topological polar surface area (TPSA) is 149 Å². The molecule has 3 atom stereocenters. The summed E-state index contributed by atoms with van der Waals surface area (Å²) >= 11 is 0. The van der Waals surface area contributed by atoms with Crippen LogP contribution >= 0.6 is 7.82 Å². The van der Waals surface area contributed by atoms with Crippen LogP contribution in [-0.4, -0.2) is 65.7 Å². The zero-order chi connectivity index (χ0) is 35.6. The smallest absolute Gasteiger partial charge is 0.457 e. The van der Waals surface area contributed by atoms with Gasteiger partial charge in [-0.1, -0.05) is 162 Å². The van der Waals surface area contributed by atoms with Crippen LogP contribution in [0.5, 0.6) is 0 Å². The van der Waals surface area contributed by atoms with Crippen molar-refractivity contribution in [3.63, 3.8) is 0 Å². The van der Waals surface area contributed by atoms with Gasteiger partial charge in [-0.15, -0.1) is 0 Å². The molecule has 0 aliphatic rings. The van der Waals surface area contributed by atoms with Gasteiger partial charge in [-0.05, 0) is 12.8 Å². The highest BCUT2D eigenvalue weighted by Gasteiger charge is 2.27. The Hall–Kier alpha value is -1.03. The number of hydrogen-bond donors (Lipinski definition) is 3. The average Bonchev–Trinajstić information content (AvgIpc) is 3.07. The molecule has 10 nitrogen and oxygen atoms in total. The van der Waals surface area contributed by atoms with E-state index in [2.05, 4.69) is 13.8 Å². The summed E-state index contributed by atoms with van der Waals surface area (Å²) in [5.41, 5.74) is 0. The minimum absolute atomic E-state index is 0.198. The molecule has 0 radical (unpaired) electrons. The van der Waals surface area contributed by atoms with E-state index in [1.165, 1.54) is 109 Å². The van der Waals surface area contributed by atoms with E-state index in [0.29, 0.717) is 12.8 Å². The standard InChI is InChI=1S/C37H73O10P/c1-3-5-7-9-11-13-15-16-17-18-19-21-23-25-27-29-37(41)47-35(31-39)33-45-48(42,43)44-32-34(30-38)46-36(40)28-26-24-22-20-14-12-10-8-6-4-2/h34-35,38-39H,3-33H2,1-2H3,(H,42,43). The summed E-state index contributed by atoms with van der Waals surface area (Å²) in [5, 5.41) is 19.1. The van der Waals surface area contributed by atoms with Gasteiger partial charge in [0.05, 0.1) is 26.4 Å². The Labute approximate surface area is 293 Å². The molecule has 11 heteroatoms. The number of phosphoric ester groups is 1. The highest BCUT2D eigenvalue weighted by molar-refractivity contribution is 7.47. The van der Waals surface area contributed by atoms with Gasteiger partial charge in [0.15, 0.2) is 0 Å². The number of aliphatic hydroxyl groups is 2. The van der Waals surface area contributed by atoms with Crippen molar-refractivity contribution in [2.45, 2.75) is 199 Å². The normalized spacial score (nSPS) is 14.0. The summed E-state index contributed by atoms with van der Waals surface area (Å²) in [6.07, 6.45) is 28.0. The molecule has 0 aromatic heterocycles. The highest BCUT2D eigenvalue weighted by atomic mass is 31.2. The van der Waals surface area contributed by atoms with E-state index in [0.717, 1.165) is 38.5 Å². The lowest BCUT2D eigenvalue weighted by atomic mass is 10.0. The first kappa shape index (κ1) is 47.0. The Kier molecular flexibility index (Phi) is 33.7. The Morgan fingerprint density at radius 1 is 0.479 bits per heavy atom. The number of unbranched alkanes of at least 4 members (excludes halogenated alkanes) is 23. The van der Waals surface area contributed by atoms with Crippen LogP contribution in [0.15, 0.2) is 0 Å². The third-order valence-electron chi connectivity index (χ3n) is 8.57. The molecule has 0 aliphatic heterocycles. The number of esters is 2. The second-order valence-corrected chi connectivity index (χ2v) is 14.7. The lowest BCUT2D eigenvalue weighted by molar-refractivity contribution is -0.153. The molecule has 0 fully saturated rings. The molecule has 3 unspecified atom stereocenters. The van der Waals surface area contributed by atoms with Crippen molar-refractivity contribution in [1.29, 1.82) is 0 Å². The summed E-state index contributed by atoms with van der Waals surface area (Å²) in [6, 6.07) is 0. The van der Waals surface area contributed by atoms with Gasteiger partial charge in [0, 0.05) is 12.8 Å². The average molecular weight is 709 g/mol. The lowest BCUT2D eigenvalue weighted by Crippen LogP contribution is -2.28. The molecule has 0 rings (SSSR count). The largest absolute Gasteiger partial charge is 0.472 e. The van der Waals surface area contributed by atoms with Crippen LogP contribution in [0.1, 0.15) is 187 Å². The van der Waals surface area contributed by atoms with Gasteiger partial charge >= 0.3 is 19.8 Å². The molecule has 286 valence electrons. The molecule has 3 N–H and O–H groups in total. The number of carbonyl (C=O) groups is 2. The molecule has 0 aliphatic carbocycles. The van der Waals surface area contributed by atoms with E-state index >= 15 is 0 Å². The zero-order valence-electron chi connectivity index (χ0n) is 30.7. The quantitative estimate of drug-likeness (QED) is 0.0324. The van der Waals surface area contributed by atoms with Crippen molar-refractivity contribution in [1.82, 2.24) is 0 Å². The number of rotatable bonds is 37. The molecule has 0 saturated carbocycles. The Morgan fingerprint density at radius 3 is 0.979 bits per heavy atom. The van der Waals surface area contributed by atoms with Gasteiger partial charge in [0.1, 0.15) is 12.2 Å². The van der Waals surface area contributed by atoms with Crippen LogP contribution in [-0.2, 0) is 32.7 Å². The molecule has 48 heavy (non-hydrogen) atoms. The SMILES string of the molecule is CCCCCCCCCCCCCCCCCC(=O)OC(CO)COP(=O)(O)OCC(CO)OC(=O)CCCCCCCCCCCC. The van der Waals surface area contributed by atoms with Crippen molar-refractivity contribution < 1.29 is 47.8 Å². The van der Waals surface area contributed by atoms with Gasteiger partial charge in [-0.25, -0.2) is 4.57 Å². The number of hydrogen-bond acceptors (Lipinski definition) is 9. The second kappa shape index (κ2) is 34.4. The third kappa shape index (κ3) is 32.2. The van der Waals surface area contributed by atoms with Crippen molar-refractivity contribution in [2.75, 3.05) is 26.4 Å². The van der Waals surface area contributed by atoms with Crippen molar-refractivity contribution in [3.8, 4) is 0 Å². The summed E-state index contributed by atoms with van der Waals surface area (Å²) in [7, 11) is -4.62. The van der Waals surface area contributed by atoms with Crippen LogP contribution in [0.3, 0.4) is 0 Å². The second-order valence-electron chi connectivity index (χ2n) is 13.3. The minimum atomic E-state index is -4.62. The minimum Gasteiger partial charge on any atom is -0.457 e. The molecule has 0 bridgehead atoms. The maximum absolute atomic E-state index is 12.3. The van der Waals surface area contributed by atoms with Crippen LogP contribution < -0.4 is 0 Å². The fourth-order valence-corrected chi connectivity index (χ4v) is 6.31.